The van der Waals surface area contributed by atoms with E-state index < -0.39 is 17.2 Å². The minimum absolute atomic E-state index is 0.171. The first-order chi connectivity index (χ1) is 12.9. The molecule has 7 heteroatoms. The molecule has 2 aliphatic rings. The molecule has 1 aromatic carbocycles. The molecule has 1 fully saturated rings. The predicted molar refractivity (Wildman–Crippen MR) is 110 cm³/mol. The van der Waals surface area contributed by atoms with Crippen LogP contribution in [0.15, 0.2) is 53.6 Å². The Labute approximate surface area is 167 Å². The molecule has 1 aliphatic heterocycles. The third-order valence-corrected chi connectivity index (χ3v) is 5.76. The van der Waals surface area contributed by atoms with E-state index >= 15 is 0 Å². The highest BCUT2D eigenvalue weighted by molar-refractivity contribution is 6.42. The fraction of sp³-hybridized carbons (Fsp3) is 0.350. The van der Waals surface area contributed by atoms with Crippen molar-refractivity contribution in [2.45, 2.75) is 37.6 Å². The Hall–Kier alpha value is -1.85. The fourth-order valence-electron chi connectivity index (χ4n) is 3.60. The summed E-state index contributed by atoms with van der Waals surface area (Å²) in [5.74, 6) is -0.972. The lowest BCUT2D eigenvalue weighted by Crippen LogP contribution is -2.53. The van der Waals surface area contributed by atoms with Crippen LogP contribution < -0.4 is 10.6 Å². The van der Waals surface area contributed by atoms with Crippen molar-refractivity contribution in [2.24, 2.45) is 4.99 Å². The van der Waals surface area contributed by atoms with Gasteiger partial charge in [0, 0.05) is 5.57 Å². The van der Waals surface area contributed by atoms with Crippen LogP contribution in [0.25, 0.3) is 0 Å². The molecule has 3 rings (SSSR count). The third kappa shape index (κ3) is 4.04. The molecule has 0 amide bonds. The second-order valence-electron chi connectivity index (χ2n) is 6.81. The SMILES string of the molecule is C=C/C(F)=C(/CN=C1Nc2cc(Cl)c(Cl)cc2NC12CCCCC2)C(=C)F. The maximum absolute atomic E-state index is 13.9. The number of fused-ring (bicyclic) bond motifs is 1. The van der Waals surface area contributed by atoms with Gasteiger partial charge < -0.3 is 10.6 Å². The van der Waals surface area contributed by atoms with Crippen LogP contribution in [0.1, 0.15) is 32.1 Å². The smallest absolute Gasteiger partial charge is 0.130 e. The molecule has 2 N–H and O–H groups in total. The number of hydrogen-bond donors (Lipinski definition) is 2. The van der Waals surface area contributed by atoms with Crippen molar-refractivity contribution in [1.29, 1.82) is 0 Å². The Morgan fingerprint density at radius 3 is 2.37 bits per heavy atom. The normalized spacial score (nSPS) is 20.4. The van der Waals surface area contributed by atoms with Gasteiger partial charge in [0.2, 0.25) is 0 Å². The lowest BCUT2D eigenvalue weighted by Gasteiger charge is -2.44. The van der Waals surface area contributed by atoms with Crippen LogP contribution in [0.2, 0.25) is 10.0 Å². The van der Waals surface area contributed by atoms with Gasteiger partial charge in [-0.2, -0.15) is 0 Å². The number of hydrogen-bond acceptors (Lipinski definition) is 2. The molecule has 1 aliphatic carbocycles. The first-order valence-corrected chi connectivity index (χ1v) is 9.57. The molecular formula is C20H21Cl2F2N3. The molecule has 1 spiro atoms. The molecule has 0 bridgehead atoms. The van der Waals surface area contributed by atoms with E-state index in [2.05, 4.69) is 28.8 Å². The van der Waals surface area contributed by atoms with Gasteiger partial charge in [-0.15, -0.1) is 0 Å². The maximum Gasteiger partial charge on any atom is 0.130 e. The number of benzene rings is 1. The summed E-state index contributed by atoms with van der Waals surface area (Å²) >= 11 is 12.3. The Kier molecular flexibility index (Phi) is 5.92. The Bertz CT molecular complexity index is 840. The molecule has 27 heavy (non-hydrogen) atoms. The van der Waals surface area contributed by atoms with E-state index in [1.54, 1.807) is 12.1 Å². The van der Waals surface area contributed by atoms with Gasteiger partial charge in [-0.3, -0.25) is 4.99 Å². The quantitative estimate of drug-likeness (QED) is 0.532. The maximum atomic E-state index is 13.9. The van der Waals surface area contributed by atoms with Gasteiger partial charge >= 0.3 is 0 Å². The third-order valence-electron chi connectivity index (χ3n) is 5.04. The highest BCUT2D eigenvalue weighted by Gasteiger charge is 2.41. The molecular weight excluding hydrogens is 391 g/mol. The molecule has 0 unspecified atom stereocenters. The molecule has 0 aromatic heterocycles. The van der Waals surface area contributed by atoms with E-state index in [0.717, 1.165) is 49.6 Å². The van der Waals surface area contributed by atoms with Crippen LogP contribution in [0, 0.1) is 0 Å². The van der Waals surface area contributed by atoms with Gasteiger partial charge in [-0.1, -0.05) is 55.6 Å². The van der Waals surface area contributed by atoms with Crippen molar-refractivity contribution in [3.63, 3.8) is 0 Å². The summed E-state index contributed by atoms with van der Waals surface area (Å²) in [5.41, 5.74) is 0.946. The van der Waals surface area contributed by atoms with Crippen LogP contribution in [0.4, 0.5) is 20.2 Å². The van der Waals surface area contributed by atoms with E-state index in [1.165, 1.54) is 0 Å². The summed E-state index contributed by atoms with van der Waals surface area (Å²) in [6.07, 6.45) is 5.88. The summed E-state index contributed by atoms with van der Waals surface area (Å²) in [7, 11) is 0. The van der Waals surface area contributed by atoms with Crippen molar-refractivity contribution < 1.29 is 8.78 Å². The molecule has 3 nitrogen and oxygen atoms in total. The zero-order valence-electron chi connectivity index (χ0n) is 14.8. The van der Waals surface area contributed by atoms with Crippen LogP contribution >= 0.6 is 23.2 Å². The van der Waals surface area contributed by atoms with E-state index in [4.69, 9.17) is 23.2 Å². The van der Waals surface area contributed by atoms with Crippen molar-refractivity contribution in [1.82, 2.24) is 0 Å². The lowest BCUT2D eigenvalue weighted by atomic mass is 9.79. The molecule has 0 atom stereocenters. The van der Waals surface area contributed by atoms with E-state index in [9.17, 15) is 8.78 Å². The van der Waals surface area contributed by atoms with Crippen molar-refractivity contribution in [3.8, 4) is 0 Å². The van der Waals surface area contributed by atoms with Gasteiger partial charge in [0.05, 0.1) is 33.5 Å². The fourth-order valence-corrected chi connectivity index (χ4v) is 3.93. The molecule has 144 valence electrons. The second kappa shape index (κ2) is 8.03. The van der Waals surface area contributed by atoms with Gasteiger partial charge in [0.1, 0.15) is 17.5 Å². The van der Waals surface area contributed by atoms with E-state index in [1.807, 2.05) is 0 Å². The first kappa shape index (κ1) is 19.9. The Morgan fingerprint density at radius 2 is 1.78 bits per heavy atom. The van der Waals surface area contributed by atoms with Crippen LogP contribution in [-0.4, -0.2) is 17.9 Å². The summed E-state index contributed by atoms with van der Waals surface area (Å²) < 4.78 is 27.5. The Morgan fingerprint density at radius 1 is 1.15 bits per heavy atom. The summed E-state index contributed by atoms with van der Waals surface area (Å²) in [6, 6.07) is 3.50. The second-order valence-corrected chi connectivity index (χ2v) is 7.62. The molecule has 1 aromatic rings. The lowest BCUT2D eigenvalue weighted by molar-refractivity contribution is 0.403. The van der Waals surface area contributed by atoms with E-state index in [-0.39, 0.29) is 12.1 Å². The number of amidine groups is 1. The van der Waals surface area contributed by atoms with Crippen LogP contribution in [-0.2, 0) is 0 Å². The largest absolute Gasteiger partial charge is 0.371 e. The summed E-state index contributed by atoms with van der Waals surface area (Å²) in [6.45, 7) is 6.37. The summed E-state index contributed by atoms with van der Waals surface area (Å²) in [4.78, 5) is 4.52. The Balaban J connectivity index is 2.01. The minimum atomic E-state index is -0.853. The molecule has 0 radical (unpaired) electrons. The zero-order valence-corrected chi connectivity index (χ0v) is 16.4. The minimum Gasteiger partial charge on any atom is -0.371 e. The van der Waals surface area contributed by atoms with E-state index in [0.29, 0.717) is 15.9 Å². The van der Waals surface area contributed by atoms with Crippen molar-refractivity contribution >= 4 is 40.4 Å². The average Bonchev–Trinajstić information content (AvgIpc) is 2.64. The number of nitrogens with one attached hydrogen (secondary N) is 2. The predicted octanol–water partition coefficient (Wildman–Crippen LogP) is 6.83. The number of nitrogens with zero attached hydrogens (tertiary/aromatic N) is 1. The first-order valence-electron chi connectivity index (χ1n) is 8.81. The summed E-state index contributed by atoms with van der Waals surface area (Å²) in [5, 5.41) is 7.72. The van der Waals surface area contributed by atoms with Gasteiger partial charge in [-0.25, -0.2) is 8.78 Å². The zero-order chi connectivity index (χ0) is 19.6. The van der Waals surface area contributed by atoms with Gasteiger partial charge in [0.25, 0.3) is 0 Å². The number of rotatable bonds is 4. The number of aliphatic imine (C=N–C) groups is 1. The molecule has 1 saturated carbocycles. The topological polar surface area (TPSA) is 36.4 Å². The van der Waals surface area contributed by atoms with Crippen molar-refractivity contribution in [2.75, 3.05) is 17.2 Å². The standard InChI is InChI=1S/C20H21Cl2F2N3/c1-3-16(24)13(12(2)23)11-25-19-20(7-5-4-6-8-20)27-18-10-15(22)14(21)9-17(18)26-19/h3,9-10,27H,1-2,4-8,11H2,(H,25,26)/b16-13+. The van der Waals surface area contributed by atoms with Crippen molar-refractivity contribution in [3.05, 3.63) is 58.6 Å². The van der Waals surface area contributed by atoms with Crippen LogP contribution in [0.5, 0.6) is 0 Å². The molecule has 1 heterocycles. The average molecular weight is 412 g/mol. The highest BCUT2D eigenvalue weighted by atomic mass is 35.5. The van der Waals surface area contributed by atoms with Gasteiger partial charge in [0.15, 0.2) is 0 Å². The number of halogens is 4. The monoisotopic (exact) mass is 411 g/mol. The van der Waals surface area contributed by atoms with Crippen LogP contribution in [0.3, 0.4) is 0 Å². The highest BCUT2D eigenvalue weighted by Crippen LogP contribution is 2.42. The number of allylic oxidation sites excluding steroid dienone is 2. The number of anilines is 2. The van der Waals surface area contributed by atoms with Gasteiger partial charge in [-0.05, 0) is 31.1 Å². The molecule has 0 saturated heterocycles.